The Bertz CT molecular complexity index is 1510. The zero-order valence-corrected chi connectivity index (χ0v) is 21.6. The Hall–Kier alpha value is -3.94. The number of benzene rings is 2. The first kappa shape index (κ1) is 24.4. The fraction of sp³-hybridized carbons (Fsp3) is 0.400. The first-order valence-corrected chi connectivity index (χ1v) is 13.9. The predicted octanol–water partition coefficient (Wildman–Crippen LogP) is 6.76. The first-order valence-electron chi connectivity index (χ1n) is 13.9. The minimum absolute atomic E-state index is 0.0280. The van der Waals surface area contributed by atoms with Gasteiger partial charge in [-0.15, -0.1) is 0 Å². The molecule has 2 aliphatic carbocycles. The average molecular weight is 513 g/mol. The topological polar surface area (TPSA) is 96.0 Å². The van der Waals surface area contributed by atoms with Crippen LogP contribution in [0.3, 0.4) is 0 Å². The molecule has 38 heavy (non-hydrogen) atoms. The molecule has 2 fully saturated rings. The summed E-state index contributed by atoms with van der Waals surface area (Å²) in [5, 5.41) is 32.1. The SMILES string of the molecule is O=[N+]([O-])c1cccc(/C(=N/O)c2n3ccc4ccccc4c3c(NC3CCCCC3)[n+]2C2CCCCC2)c1. The molecule has 0 saturated heterocycles. The molecular formula is C30H34N5O3+. The molecule has 8 heteroatoms. The van der Waals surface area contributed by atoms with Crippen molar-refractivity contribution in [1.82, 2.24) is 4.40 Å². The van der Waals surface area contributed by atoms with Crippen LogP contribution in [-0.4, -0.2) is 26.3 Å². The number of aromatic nitrogens is 2. The van der Waals surface area contributed by atoms with Crippen LogP contribution in [0.25, 0.3) is 16.3 Å². The van der Waals surface area contributed by atoms with Gasteiger partial charge in [-0.25, -0.2) is 8.97 Å². The molecule has 4 aromatic rings. The molecule has 0 aliphatic heterocycles. The molecule has 2 aromatic heterocycles. The van der Waals surface area contributed by atoms with Crippen LogP contribution in [0.4, 0.5) is 11.5 Å². The summed E-state index contributed by atoms with van der Waals surface area (Å²) in [5.41, 5.74) is 1.88. The van der Waals surface area contributed by atoms with E-state index >= 15 is 0 Å². The highest BCUT2D eigenvalue weighted by Gasteiger charge is 2.36. The third-order valence-electron chi connectivity index (χ3n) is 8.31. The number of hydrogen-bond acceptors (Lipinski definition) is 5. The van der Waals surface area contributed by atoms with Gasteiger partial charge >= 0.3 is 0 Å². The van der Waals surface area contributed by atoms with Gasteiger partial charge in [-0.05, 0) is 50.0 Å². The number of anilines is 1. The highest BCUT2D eigenvalue weighted by Crippen LogP contribution is 2.34. The minimum Gasteiger partial charge on any atom is -0.410 e. The summed E-state index contributed by atoms with van der Waals surface area (Å²) >= 11 is 0. The van der Waals surface area contributed by atoms with Crippen molar-refractivity contribution in [3.63, 3.8) is 0 Å². The Morgan fingerprint density at radius 1 is 0.974 bits per heavy atom. The number of pyridine rings is 1. The molecule has 2 N–H and O–H groups in total. The Labute approximate surface area is 221 Å². The van der Waals surface area contributed by atoms with Gasteiger partial charge in [0.2, 0.25) is 0 Å². The molecule has 0 radical (unpaired) electrons. The van der Waals surface area contributed by atoms with Crippen molar-refractivity contribution >= 4 is 33.5 Å². The van der Waals surface area contributed by atoms with Crippen molar-refractivity contribution in [3.8, 4) is 0 Å². The monoisotopic (exact) mass is 512 g/mol. The van der Waals surface area contributed by atoms with Crippen molar-refractivity contribution in [1.29, 1.82) is 0 Å². The molecule has 0 unspecified atom stereocenters. The second kappa shape index (κ2) is 10.4. The van der Waals surface area contributed by atoms with Gasteiger partial charge in [0.05, 0.1) is 23.2 Å². The minimum atomic E-state index is -0.409. The standard InChI is InChI=1S/C30H33N5O3/c36-32-27(22-11-9-16-25(20-22)35(37)38)30-33-19-18-21-10-7-8-17-26(21)28(33)29(31-23-12-3-1-4-13-23)34(30)24-14-5-2-6-15-24/h7-11,16-20,23-24,31H,1-6,12-15H2/p+1. The van der Waals surface area contributed by atoms with E-state index in [1.54, 1.807) is 12.1 Å². The van der Waals surface area contributed by atoms with Crippen LogP contribution >= 0.6 is 0 Å². The van der Waals surface area contributed by atoms with Crippen LogP contribution in [0.2, 0.25) is 0 Å². The number of oxime groups is 1. The van der Waals surface area contributed by atoms with E-state index in [9.17, 15) is 15.3 Å². The Morgan fingerprint density at radius 3 is 2.45 bits per heavy atom. The summed E-state index contributed by atoms with van der Waals surface area (Å²) in [5.74, 6) is 1.81. The van der Waals surface area contributed by atoms with Crippen LogP contribution in [0.1, 0.15) is 81.6 Å². The molecule has 2 heterocycles. The number of rotatable bonds is 6. The molecule has 196 valence electrons. The quantitative estimate of drug-likeness (QED) is 0.0980. The summed E-state index contributed by atoms with van der Waals surface area (Å²) in [4.78, 5) is 11.2. The lowest BCUT2D eigenvalue weighted by Gasteiger charge is -2.25. The molecule has 8 nitrogen and oxygen atoms in total. The number of nitrogens with zero attached hydrogens (tertiary/aromatic N) is 4. The van der Waals surface area contributed by atoms with Crippen molar-refractivity contribution in [2.45, 2.75) is 76.3 Å². The molecule has 0 atom stereocenters. The van der Waals surface area contributed by atoms with Crippen molar-refractivity contribution < 1.29 is 14.7 Å². The molecule has 0 amide bonds. The predicted molar refractivity (Wildman–Crippen MR) is 148 cm³/mol. The molecule has 6 rings (SSSR count). The van der Waals surface area contributed by atoms with Gasteiger partial charge in [-0.1, -0.05) is 67.2 Å². The largest absolute Gasteiger partial charge is 0.410 e. The van der Waals surface area contributed by atoms with Gasteiger partial charge in [-0.3, -0.25) is 15.4 Å². The summed E-state index contributed by atoms with van der Waals surface area (Å²) in [7, 11) is 0. The second-order valence-corrected chi connectivity index (χ2v) is 10.7. The zero-order valence-electron chi connectivity index (χ0n) is 21.6. The van der Waals surface area contributed by atoms with Crippen molar-refractivity contribution in [3.05, 3.63) is 82.3 Å². The summed E-state index contributed by atoms with van der Waals surface area (Å²) in [6.07, 6.45) is 13.6. The van der Waals surface area contributed by atoms with Crippen molar-refractivity contribution in [2.75, 3.05) is 5.32 Å². The summed E-state index contributed by atoms with van der Waals surface area (Å²) in [6, 6.07) is 17.5. The van der Waals surface area contributed by atoms with E-state index in [4.69, 9.17) is 0 Å². The average Bonchev–Trinajstić information content (AvgIpc) is 3.28. The van der Waals surface area contributed by atoms with Gasteiger partial charge in [0.1, 0.15) is 0 Å². The van der Waals surface area contributed by atoms with E-state index in [0.29, 0.717) is 17.3 Å². The van der Waals surface area contributed by atoms with Gasteiger partial charge in [-0.2, -0.15) is 0 Å². The lowest BCUT2D eigenvalue weighted by molar-refractivity contribution is -0.712. The maximum absolute atomic E-state index is 11.6. The maximum Gasteiger partial charge on any atom is 0.270 e. The van der Waals surface area contributed by atoms with Crippen LogP contribution in [-0.2, 0) is 0 Å². The fourth-order valence-corrected chi connectivity index (χ4v) is 6.47. The lowest BCUT2D eigenvalue weighted by atomic mass is 9.94. The Morgan fingerprint density at radius 2 is 1.71 bits per heavy atom. The van der Waals surface area contributed by atoms with Crippen LogP contribution in [0, 0.1) is 10.1 Å². The molecule has 2 aromatic carbocycles. The van der Waals surface area contributed by atoms with Gasteiger partial charge < -0.3 is 5.21 Å². The number of imidazole rings is 1. The number of nitrogens with one attached hydrogen (secondary N) is 1. The smallest absolute Gasteiger partial charge is 0.270 e. The van der Waals surface area contributed by atoms with E-state index in [1.165, 1.54) is 37.8 Å². The summed E-state index contributed by atoms with van der Waals surface area (Å²) < 4.78 is 4.47. The number of hydrogen-bond donors (Lipinski definition) is 2. The van der Waals surface area contributed by atoms with Crippen LogP contribution in [0.5, 0.6) is 0 Å². The van der Waals surface area contributed by atoms with E-state index < -0.39 is 4.92 Å². The van der Waals surface area contributed by atoms with Crippen molar-refractivity contribution in [2.24, 2.45) is 5.16 Å². The number of nitro benzene ring substituents is 1. The number of fused-ring (bicyclic) bond motifs is 3. The first-order chi connectivity index (χ1) is 18.7. The van der Waals surface area contributed by atoms with Crippen LogP contribution < -0.4 is 9.88 Å². The van der Waals surface area contributed by atoms with Crippen LogP contribution in [0.15, 0.2) is 65.9 Å². The lowest BCUT2D eigenvalue weighted by Crippen LogP contribution is -2.48. The van der Waals surface area contributed by atoms with Gasteiger partial charge in [0.15, 0.2) is 11.2 Å². The Balaban J connectivity index is 1.65. The van der Waals surface area contributed by atoms with E-state index in [2.05, 4.69) is 49.8 Å². The number of non-ortho nitro benzene ring substituents is 1. The third kappa shape index (κ3) is 4.38. The fourth-order valence-electron chi connectivity index (χ4n) is 6.47. The number of nitro groups is 1. The van der Waals surface area contributed by atoms with Gasteiger partial charge in [0, 0.05) is 23.1 Å². The zero-order chi connectivity index (χ0) is 26.1. The molecule has 2 saturated carbocycles. The third-order valence-corrected chi connectivity index (χ3v) is 8.31. The van der Waals surface area contributed by atoms with E-state index in [1.807, 2.05) is 6.20 Å². The molecule has 0 spiro atoms. The maximum atomic E-state index is 11.6. The van der Waals surface area contributed by atoms with E-state index in [-0.39, 0.29) is 11.7 Å². The highest BCUT2D eigenvalue weighted by atomic mass is 16.6. The van der Waals surface area contributed by atoms with E-state index in [0.717, 1.165) is 66.5 Å². The molecule has 0 bridgehead atoms. The second-order valence-electron chi connectivity index (χ2n) is 10.7. The molecular weight excluding hydrogens is 478 g/mol. The van der Waals surface area contributed by atoms with Gasteiger partial charge in [0.25, 0.3) is 17.3 Å². The normalized spacial score (nSPS) is 17.7. The highest BCUT2D eigenvalue weighted by molar-refractivity contribution is 6.12. The summed E-state index contributed by atoms with van der Waals surface area (Å²) in [6.45, 7) is 0. The molecule has 2 aliphatic rings. The Kier molecular flexibility index (Phi) is 6.70.